The maximum Gasteiger partial charge on any atom is 0.350 e. The summed E-state index contributed by atoms with van der Waals surface area (Å²) in [7, 11) is 1.35. The van der Waals surface area contributed by atoms with E-state index in [4.69, 9.17) is 9.72 Å². The molecule has 0 spiro atoms. The number of thiophene rings is 2. The van der Waals surface area contributed by atoms with Gasteiger partial charge in [0, 0.05) is 11.9 Å². The van der Waals surface area contributed by atoms with Crippen molar-refractivity contribution in [3.8, 4) is 0 Å². The van der Waals surface area contributed by atoms with Crippen molar-refractivity contribution in [2.24, 2.45) is 0 Å². The molecule has 0 bridgehead atoms. The smallest absolute Gasteiger partial charge is 0.350 e. The van der Waals surface area contributed by atoms with Gasteiger partial charge >= 0.3 is 5.97 Å². The number of rotatable bonds is 5. The predicted molar refractivity (Wildman–Crippen MR) is 122 cm³/mol. The Kier molecular flexibility index (Phi) is 6.76. The van der Waals surface area contributed by atoms with Gasteiger partial charge in [-0.05, 0) is 49.5 Å². The number of fused-ring (bicyclic) bond motifs is 1. The van der Waals surface area contributed by atoms with E-state index in [1.807, 2.05) is 23.6 Å². The number of amides is 1. The summed E-state index contributed by atoms with van der Waals surface area (Å²) >= 11 is 2.62. The zero-order valence-electron chi connectivity index (χ0n) is 17.0. The van der Waals surface area contributed by atoms with Gasteiger partial charge in [-0.2, -0.15) is 0 Å². The van der Waals surface area contributed by atoms with Crippen LogP contribution in [0.4, 0.5) is 5.69 Å². The number of hydrogen-bond donors (Lipinski definition) is 1. The Morgan fingerprint density at radius 1 is 1.13 bits per heavy atom. The number of pyridine rings is 1. The summed E-state index contributed by atoms with van der Waals surface area (Å²) in [5.41, 5.74) is 1.46. The average Bonchev–Trinajstić information content (AvgIpc) is 3.38. The fourth-order valence-corrected chi connectivity index (χ4v) is 5.43. The number of esters is 1. The summed E-state index contributed by atoms with van der Waals surface area (Å²) in [6.45, 7) is 3.00. The minimum Gasteiger partial charge on any atom is -0.465 e. The number of anilines is 1. The van der Waals surface area contributed by atoms with Crippen LogP contribution in [0.15, 0.2) is 29.6 Å². The summed E-state index contributed by atoms with van der Waals surface area (Å²) < 4.78 is 4.94. The molecule has 0 atom stereocenters. The first-order chi connectivity index (χ1) is 14.7. The van der Waals surface area contributed by atoms with Gasteiger partial charge in [-0.15, -0.1) is 22.7 Å². The number of likely N-dealkylation sites (tertiary alicyclic amines) is 1. The van der Waals surface area contributed by atoms with Crippen molar-refractivity contribution in [2.75, 3.05) is 25.5 Å². The second kappa shape index (κ2) is 9.68. The van der Waals surface area contributed by atoms with Crippen LogP contribution in [0.3, 0.4) is 0 Å². The van der Waals surface area contributed by atoms with Crippen LogP contribution in [0.5, 0.6) is 0 Å². The Morgan fingerprint density at radius 2 is 1.90 bits per heavy atom. The highest BCUT2D eigenvalue weighted by Crippen LogP contribution is 2.36. The molecule has 1 aliphatic rings. The zero-order valence-corrected chi connectivity index (χ0v) is 18.6. The molecule has 4 rings (SSSR count). The van der Waals surface area contributed by atoms with Crippen molar-refractivity contribution < 1.29 is 14.3 Å². The predicted octanol–water partition coefficient (Wildman–Crippen LogP) is 5.16. The van der Waals surface area contributed by atoms with Gasteiger partial charge in [0.2, 0.25) is 0 Å². The molecule has 0 radical (unpaired) electrons. The van der Waals surface area contributed by atoms with Gasteiger partial charge < -0.3 is 10.1 Å². The van der Waals surface area contributed by atoms with Crippen molar-refractivity contribution >= 4 is 50.5 Å². The minimum atomic E-state index is -0.468. The largest absolute Gasteiger partial charge is 0.465 e. The van der Waals surface area contributed by atoms with Crippen molar-refractivity contribution in [1.82, 2.24) is 9.88 Å². The number of hydrogen-bond acceptors (Lipinski definition) is 7. The van der Waals surface area contributed by atoms with Crippen LogP contribution in [0.25, 0.3) is 10.2 Å². The first kappa shape index (κ1) is 21.0. The molecule has 6 nitrogen and oxygen atoms in total. The van der Waals surface area contributed by atoms with E-state index in [-0.39, 0.29) is 5.91 Å². The first-order valence-corrected chi connectivity index (χ1v) is 11.9. The van der Waals surface area contributed by atoms with Crippen LogP contribution in [0.2, 0.25) is 0 Å². The summed E-state index contributed by atoms with van der Waals surface area (Å²) in [5.74, 6) is -0.704. The Hall–Kier alpha value is -2.29. The lowest BCUT2D eigenvalue weighted by atomic mass is 10.1. The number of nitrogens with zero attached hydrogens (tertiary/aromatic N) is 2. The van der Waals surface area contributed by atoms with Crippen molar-refractivity contribution in [2.45, 2.75) is 38.6 Å². The molecule has 0 saturated carbocycles. The molecule has 1 N–H and O–H groups in total. The monoisotopic (exact) mass is 443 g/mol. The molecule has 3 aromatic heterocycles. The van der Waals surface area contributed by atoms with Gasteiger partial charge in [0.1, 0.15) is 9.71 Å². The van der Waals surface area contributed by atoms with Crippen LogP contribution in [0, 0.1) is 0 Å². The van der Waals surface area contributed by atoms with E-state index >= 15 is 0 Å². The van der Waals surface area contributed by atoms with E-state index in [1.54, 1.807) is 6.07 Å². The number of aromatic nitrogens is 1. The third-order valence-electron chi connectivity index (χ3n) is 5.30. The Bertz CT molecular complexity index is 1020. The highest BCUT2D eigenvalue weighted by molar-refractivity contribution is 7.21. The first-order valence-electron chi connectivity index (χ1n) is 10.2. The van der Waals surface area contributed by atoms with Gasteiger partial charge in [0.05, 0.1) is 23.4 Å². The van der Waals surface area contributed by atoms with Crippen LogP contribution < -0.4 is 5.32 Å². The molecular formula is C22H25N3O3S2. The zero-order chi connectivity index (χ0) is 20.9. The number of carbonyl (C=O) groups is 2. The number of ether oxygens (including phenoxy) is 1. The van der Waals surface area contributed by atoms with E-state index < -0.39 is 5.97 Å². The van der Waals surface area contributed by atoms with Gasteiger partial charge in [-0.25, -0.2) is 9.78 Å². The molecule has 1 saturated heterocycles. The summed E-state index contributed by atoms with van der Waals surface area (Å²) in [4.78, 5) is 33.9. The van der Waals surface area contributed by atoms with E-state index in [1.165, 1.54) is 61.9 Å². The lowest BCUT2D eigenvalue weighted by Gasteiger charge is -2.24. The highest BCUT2D eigenvalue weighted by atomic mass is 32.1. The fourth-order valence-electron chi connectivity index (χ4n) is 3.75. The topological polar surface area (TPSA) is 71.5 Å². The van der Waals surface area contributed by atoms with E-state index in [0.717, 1.165) is 35.5 Å². The molecule has 1 amide bonds. The van der Waals surface area contributed by atoms with Crippen LogP contribution in [-0.4, -0.2) is 42.0 Å². The average molecular weight is 444 g/mol. The molecule has 0 unspecified atom stereocenters. The lowest BCUT2D eigenvalue weighted by molar-refractivity contribution is 0.0607. The molecular weight excluding hydrogens is 418 g/mol. The quantitative estimate of drug-likeness (QED) is 0.551. The Morgan fingerprint density at radius 3 is 2.60 bits per heavy atom. The third-order valence-corrected chi connectivity index (χ3v) is 7.25. The number of methoxy groups -OCH3 is 1. The minimum absolute atomic E-state index is 0.237. The maximum absolute atomic E-state index is 12.6. The van der Waals surface area contributed by atoms with E-state index in [9.17, 15) is 9.59 Å². The Balaban J connectivity index is 1.61. The summed E-state index contributed by atoms with van der Waals surface area (Å²) in [6, 6.07) is 7.53. The normalized spacial score (nSPS) is 15.5. The number of carbonyl (C=O) groups excluding carboxylic acids is 2. The third kappa shape index (κ3) is 4.71. The lowest BCUT2D eigenvalue weighted by Crippen LogP contribution is -2.27. The molecule has 1 aliphatic heterocycles. The second-order valence-corrected chi connectivity index (χ2v) is 9.38. The summed E-state index contributed by atoms with van der Waals surface area (Å²) in [5, 5.41) is 5.51. The van der Waals surface area contributed by atoms with Crippen molar-refractivity contribution in [3.63, 3.8) is 0 Å². The maximum atomic E-state index is 12.6. The van der Waals surface area contributed by atoms with E-state index in [2.05, 4.69) is 10.2 Å². The van der Waals surface area contributed by atoms with Crippen molar-refractivity contribution in [1.29, 1.82) is 0 Å². The van der Waals surface area contributed by atoms with E-state index in [0.29, 0.717) is 15.4 Å². The van der Waals surface area contributed by atoms with Gasteiger partial charge in [0.25, 0.3) is 5.91 Å². The molecule has 8 heteroatoms. The number of nitrogens with one attached hydrogen (secondary N) is 1. The fraction of sp³-hybridized carbons (Fsp3) is 0.409. The standard InChI is InChI=1S/C22H25N3O3S2/c1-28-22(27)19-18(24-20(26)17-8-7-13-29-17)16-10-9-15(23-21(16)30-19)14-25-11-5-3-2-4-6-12-25/h7-10,13H,2-6,11-12,14H2,1H3,(H,24,26). The van der Waals surface area contributed by atoms with Crippen LogP contribution in [-0.2, 0) is 11.3 Å². The summed E-state index contributed by atoms with van der Waals surface area (Å²) in [6.07, 6.45) is 6.39. The van der Waals surface area contributed by atoms with Gasteiger partial charge in [-0.3, -0.25) is 9.69 Å². The highest BCUT2D eigenvalue weighted by Gasteiger charge is 2.23. The second-order valence-electron chi connectivity index (χ2n) is 7.43. The molecule has 30 heavy (non-hydrogen) atoms. The molecule has 4 heterocycles. The van der Waals surface area contributed by atoms with Gasteiger partial charge in [-0.1, -0.05) is 25.3 Å². The molecule has 1 fully saturated rings. The van der Waals surface area contributed by atoms with Crippen LogP contribution in [0.1, 0.15) is 57.1 Å². The van der Waals surface area contributed by atoms with Crippen LogP contribution >= 0.6 is 22.7 Å². The molecule has 3 aromatic rings. The van der Waals surface area contributed by atoms with Crippen molar-refractivity contribution in [3.05, 3.63) is 45.1 Å². The Labute approximate surface area is 183 Å². The SMILES string of the molecule is COC(=O)c1sc2nc(CN3CCCCCCC3)ccc2c1NC(=O)c1cccs1. The molecule has 0 aliphatic carbocycles. The van der Waals surface area contributed by atoms with Gasteiger partial charge in [0.15, 0.2) is 0 Å². The molecule has 158 valence electrons. The molecule has 0 aromatic carbocycles.